The fourth-order valence-corrected chi connectivity index (χ4v) is 5.72. The number of aliphatic carboxylic acids is 1. The molecule has 1 saturated heterocycles. The Hall–Kier alpha value is -3.39. The number of nitrogens with zero attached hydrogens (tertiary/aromatic N) is 1. The lowest BCUT2D eigenvalue weighted by Gasteiger charge is -2.34. The van der Waals surface area contributed by atoms with Gasteiger partial charge in [0.25, 0.3) is 5.91 Å². The van der Waals surface area contributed by atoms with Crippen LogP contribution in [-0.4, -0.2) is 67.4 Å². The second-order valence-corrected chi connectivity index (χ2v) is 9.71. The normalized spacial score (nSPS) is 20.6. The summed E-state index contributed by atoms with van der Waals surface area (Å²) in [5.74, 6) is -1.26. The van der Waals surface area contributed by atoms with Crippen molar-refractivity contribution in [3.8, 4) is 11.1 Å². The fourth-order valence-electron chi connectivity index (χ4n) is 5.72. The average molecular weight is 479 g/mol. The van der Waals surface area contributed by atoms with Crippen molar-refractivity contribution in [1.82, 2.24) is 10.2 Å². The van der Waals surface area contributed by atoms with Gasteiger partial charge in [-0.2, -0.15) is 0 Å². The van der Waals surface area contributed by atoms with Crippen molar-refractivity contribution < 1.29 is 29.0 Å². The highest BCUT2D eigenvalue weighted by atomic mass is 16.5. The molecule has 3 aliphatic rings. The molecular formula is C27H30N2O6. The van der Waals surface area contributed by atoms with Crippen LogP contribution in [0.5, 0.6) is 0 Å². The molecule has 0 bridgehead atoms. The number of benzene rings is 2. The summed E-state index contributed by atoms with van der Waals surface area (Å²) in [7, 11) is 1.44. The minimum absolute atomic E-state index is 0.00536. The molecule has 5 rings (SSSR count). The maximum Gasteiger partial charge on any atom is 0.407 e. The van der Waals surface area contributed by atoms with Crippen molar-refractivity contribution in [3.05, 3.63) is 59.7 Å². The molecule has 2 aromatic rings. The van der Waals surface area contributed by atoms with E-state index in [4.69, 9.17) is 9.47 Å². The Balaban J connectivity index is 1.12. The number of piperidine rings is 1. The van der Waals surface area contributed by atoms with Crippen LogP contribution in [0.15, 0.2) is 48.5 Å². The molecule has 1 heterocycles. The Morgan fingerprint density at radius 2 is 1.66 bits per heavy atom. The third-order valence-corrected chi connectivity index (χ3v) is 7.89. The first kappa shape index (κ1) is 23.4. The SMILES string of the molecule is COC(CNC(=O)OCC1c2ccccc2-c2ccccc21)C(=O)N1CCC2(CC1)CC2C(=O)O. The van der Waals surface area contributed by atoms with Gasteiger partial charge in [0.2, 0.25) is 0 Å². The number of carbonyl (C=O) groups is 3. The first-order chi connectivity index (χ1) is 16.9. The molecule has 1 aliphatic heterocycles. The van der Waals surface area contributed by atoms with Crippen LogP contribution < -0.4 is 5.32 Å². The maximum absolute atomic E-state index is 12.9. The fraction of sp³-hybridized carbons (Fsp3) is 0.444. The van der Waals surface area contributed by atoms with E-state index < -0.39 is 18.2 Å². The van der Waals surface area contributed by atoms with Crippen molar-refractivity contribution in [1.29, 1.82) is 0 Å². The van der Waals surface area contributed by atoms with Crippen LogP contribution in [-0.2, 0) is 19.1 Å². The number of methoxy groups -OCH3 is 1. The largest absolute Gasteiger partial charge is 0.481 e. The molecule has 184 valence electrons. The number of ether oxygens (including phenoxy) is 2. The number of amides is 2. The van der Waals surface area contributed by atoms with Crippen molar-refractivity contribution in [2.75, 3.05) is 33.4 Å². The molecule has 8 heteroatoms. The maximum atomic E-state index is 12.9. The predicted molar refractivity (Wildman–Crippen MR) is 128 cm³/mol. The van der Waals surface area contributed by atoms with Gasteiger partial charge in [-0.25, -0.2) is 4.79 Å². The summed E-state index contributed by atoms with van der Waals surface area (Å²) in [5, 5.41) is 11.9. The van der Waals surface area contributed by atoms with Crippen molar-refractivity contribution in [3.63, 3.8) is 0 Å². The highest BCUT2D eigenvalue weighted by Gasteiger charge is 2.59. The van der Waals surface area contributed by atoms with Gasteiger partial charge in [-0.15, -0.1) is 0 Å². The topological polar surface area (TPSA) is 105 Å². The molecule has 8 nitrogen and oxygen atoms in total. The van der Waals surface area contributed by atoms with Crippen LogP contribution >= 0.6 is 0 Å². The highest BCUT2D eigenvalue weighted by Crippen LogP contribution is 2.59. The van der Waals surface area contributed by atoms with Crippen LogP contribution in [0.1, 0.15) is 36.3 Å². The van der Waals surface area contributed by atoms with E-state index in [1.54, 1.807) is 4.90 Å². The van der Waals surface area contributed by atoms with Gasteiger partial charge in [-0.05, 0) is 46.9 Å². The van der Waals surface area contributed by atoms with E-state index in [1.165, 1.54) is 7.11 Å². The third kappa shape index (κ3) is 4.38. The van der Waals surface area contributed by atoms with Gasteiger partial charge < -0.3 is 24.8 Å². The lowest BCUT2D eigenvalue weighted by molar-refractivity contribution is -0.143. The molecule has 1 saturated carbocycles. The second-order valence-electron chi connectivity index (χ2n) is 9.71. The lowest BCUT2D eigenvalue weighted by Crippen LogP contribution is -2.49. The Morgan fingerprint density at radius 3 is 2.20 bits per heavy atom. The number of nitrogens with one attached hydrogen (secondary N) is 1. The molecule has 0 radical (unpaired) electrons. The summed E-state index contributed by atoms with van der Waals surface area (Å²) < 4.78 is 10.9. The summed E-state index contributed by atoms with van der Waals surface area (Å²) in [4.78, 5) is 38.4. The van der Waals surface area contributed by atoms with Gasteiger partial charge in [-0.1, -0.05) is 48.5 Å². The van der Waals surface area contributed by atoms with Gasteiger partial charge in [-0.3, -0.25) is 9.59 Å². The van der Waals surface area contributed by atoms with Crippen LogP contribution in [0.3, 0.4) is 0 Å². The van der Waals surface area contributed by atoms with Gasteiger partial charge in [0.1, 0.15) is 6.61 Å². The number of hydrogen-bond donors (Lipinski definition) is 2. The number of likely N-dealkylation sites (tertiary alicyclic amines) is 1. The first-order valence-electron chi connectivity index (χ1n) is 12.1. The number of rotatable bonds is 7. The van der Waals surface area contributed by atoms with Crippen LogP contribution in [0.2, 0.25) is 0 Å². The molecular weight excluding hydrogens is 448 g/mol. The van der Waals surface area contributed by atoms with Crippen LogP contribution in [0.4, 0.5) is 4.79 Å². The number of carboxylic acids is 1. The number of fused-ring (bicyclic) bond motifs is 3. The number of alkyl carbamates (subject to hydrolysis) is 1. The number of carboxylic acid groups (broad SMARTS) is 1. The monoisotopic (exact) mass is 478 g/mol. The quantitative estimate of drug-likeness (QED) is 0.633. The molecule has 2 N–H and O–H groups in total. The standard InChI is InChI=1S/C27H30N2O6/c1-34-23(24(30)29-12-10-27(11-13-29)14-22(27)25(31)32)15-28-26(33)35-16-21-19-8-4-2-6-17(19)18-7-3-5-9-20(18)21/h2-9,21-23H,10-16H2,1H3,(H,28,33)(H,31,32). The Morgan fingerprint density at radius 1 is 1.06 bits per heavy atom. The predicted octanol–water partition coefficient (Wildman–Crippen LogP) is 3.25. The van der Waals surface area contributed by atoms with Crippen LogP contribution in [0, 0.1) is 11.3 Å². The molecule has 2 aromatic carbocycles. The minimum atomic E-state index is -0.820. The zero-order valence-electron chi connectivity index (χ0n) is 19.7. The number of hydrogen-bond acceptors (Lipinski definition) is 5. The van der Waals surface area contributed by atoms with Gasteiger partial charge >= 0.3 is 12.1 Å². The zero-order valence-corrected chi connectivity index (χ0v) is 19.7. The third-order valence-electron chi connectivity index (χ3n) is 7.89. The molecule has 2 aliphatic carbocycles. The molecule has 2 atom stereocenters. The summed E-state index contributed by atoms with van der Waals surface area (Å²) >= 11 is 0. The van der Waals surface area contributed by atoms with Gasteiger partial charge in [0.15, 0.2) is 6.10 Å². The van der Waals surface area contributed by atoms with E-state index in [0.29, 0.717) is 32.4 Å². The zero-order chi connectivity index (χ0) is 24.6. The summed E-state index contributed by atoms with van der Waals surface area (Å²) in [6.07, 6.45) is 0.653. The second kappa shape index (κ2) is 9.34. The molecule has 35 heavy (non-hydrogen) atoms. The Labute approximate surface area is 204 Å². The first-order valence-corrected chi connectivity index (χ1v) is 12.1. The van der Waals surface area contributed by atoms with Crippen molar-refractivity contribution in [2.45, 2.75) is 31.3 Å². The average Bonchev–Trinajstić information content (AvgIpc) is 3.49. The smallest absolute Gasteiger partial charge is 0.407 e. The van der Waals surface area contributed by atoms with E-state index in [1.807, 2.05) is 24.3 Å². The van der Waals surface area contributed by atoms with E-state index in [-0.39, 0.29) is 36.3 Å². The van der Waals surface area contributed by atoms with Gasteiger partial charge in [0, 0.05) is 26.1 Å². The number of carbonyl (C=O) groups excluding carboxylic acids is 2. The lowest BCUT2D eigenvalue weighted by atomic mass is 9.90. The molecule has 1 spiro atoms. The van der Waals surface area contributed by atoms with Gasteiger partial charge in [0.05, 0.1) is 12.5 Å². The van der Waals surface area contributed by atoms with E-state index in [9.17, 15) is 19.5 Å². The van der Waals surface area contributed by atoms with Crippen molar-refractivity contribution >= 4 is 18.0 Å². The molecule has 2 amide bonds. The van der Waals surface area contributed by atoms with E-state index in [0.717, 1.165) is 22.3 Å². The Bertz CT molecular complexity index is 1090. The summed E-state index contributed by atoms with van der Waals surface area (Å²) in [5.41, 5.74) is 4.44. The molecule has 2 fully saturated rings. The summed E-state index contributed by atoms with van der Waals surface area (Å²) in [6.45, 7) is 1.22. The van der Waals surface area contributed by atoms with Crippen LogP contribution in [0.25, 0.3) is 11.1 Å². The molecule has 2 unspecified atom stereocenters. The molecule has 0 aromatic heterocycles. The van der Waals surface area contributed by atoms with E-state index in [2.05, 4.69) is 29.6 Å². The Kier molecular flexibility index (Phi) is 6.23. The van der Waals surface area contributed by atoms with E-state index >= 15 is 0 Å². The van der Waals surface area contributed by atoms with Crippen molar-refractivity contribution in [2.24, 2.45) is 11.3 Å². The minimum Gasteiger partial charge on any atom is -0.481 e. The summed E-state index contributed by atoms with van der Waals surface area (Å²) in [6, 6.07) is 16.3. The highest BCUT2D eigenvalue weighted by molar-refractivity contribution is 5.82.